The number of aryl methyl sites for hydroxylation is 1. The van der Waals surface area contributed by atoms with Crippen molar-refractivity contribution in [2.75, 3.05) is 17.7 Å². The minimum Gasteiger partial charge on any atom is -0.363 e. The lowest BCUT2D eigenvalue weighted by Crippen LogP contribution is -2.42. The van der Waals surface area contributed by atoms with E-state index in [1.807, 2.05) is 0 Å². The van der Waals surface area contributed by atoms with E-state index < -0.39 is 5.82 Å². The number of amides is 1. The zero-order valence-electron chi connectivity index (χ0n) is 14.5. The molecule has 3 N–H and O–H groups in total. The number of hydrogen-bond acceptors (Lipinski definition) is 6. The molecule has 2 heterocycles. The van der Waals surface area contributed by atoms with Crippen LogP contribution in [0, 0.1) is 23.6 Å². The number of allylic oxidation sites excluding steroid dienone is 1. The van der Waals surface area contributed by atoms with Gasteiger partial charge in [0.1, 0.15) is 0 Å². The number of carbonyl (C=O) groups is 1. The minimum atomic E-state index is -0.552. The molecule has 2 aliphatic rings. The van der Waals surface area contributed by atoms with Crippen LogP contribution >= 0.6 is 0 Å². The van der Waals surface area contributed by atoms with Crippen molar-refractivity contribution in [1.82, 2.24) is 25.1 Å². The van der Waals surface area contributed by atoms with Gasteiger partial charge in [-0.15, -0.1) is 0 Å². The van der Waals surface area contributed by atoms with E-state index in [1.54, 1.807) is 31.2 Å². The molecular formula is C17H20FN7O. The average Bonchev–Trinajstić information content (AvgIpc) is 3.33. The maximum absolute atomic E-state index is 14.3. The van der Waals surface area contributed by atoms with Crippen LogP contribution in [0.3, 0.4) is 0 Å². The Balaban J connectivity index is 1.56. The summed E-state index contributed by atoms with van der Waals surface area (Å²) in [6.07, 6.45) is 9.57. The molecule has 4 atom stereocenters. The highest BCUT2D eigenvalue weighted by molar-refractivity contribution is 5.81. The molecule has 26 heavy (non-hydrogen) atoms. The van der Waals surface area contributed by atoms with Crippen LogP contribution in [-0.2, 0) is 11.8 Å². The minimum absolute atomic E-state index is 0.0393. The van der Waals surface area contributed by atoms with Crippen molar-refractivity contribution >= 4 is 23.4 Å². The quantitative estimate of drug-likeness (QED) is 0.701. The molecule has 8 nitrogen and oxygen atoms in total. The summed E-state index contributed by atoms with van der Waals surface area (Å²) in [7, 11) is 3.42. The van der Waals surface area contributed by atoms with Crippen molar-refractivity contribution in [3.63, 3.8) is 0 Å². The molecule has 0 aliphatic heterocycles. The summed E-state index contributed by atoms with van der Waals surface area (Å²) in [6, 6.07) is -0.194. The topological polar surface area (TPSA) is 96.8 Å². The van der Waals surface area contributed by atoms with Crippen molar-refractivity contribution in [2.45, 2.75) is 12.5 Å². The van der Waals surface area contributed by atoms with Gasteiger partial charge in [-0.3, -0.25) is 9.48 Å². The third-order valence-electron chi connectivity index (χ3n) is 5.02. The highest BCUT2D eigenvalue weighted by atomic mass is 19.1. The van der Waals surface area contributed by atoms with Crippen LogP contribution in [0.2, 0.25) is 0 Å². The van der Waals surface area contributed by atoms with Crippen molar-refractivity contribution in [3.8, 4) is 0 Å². The summed E-state index contributed by atoms with van der Waals surface area (Å²) in [5.41, 5.74) is 0.705. The van der Waals surface area contributed by atoms with E-state index in [9.17, 15) is 9.18 Å². The fourth-order valence-electron chi connectivity index (χ4n) is 3.84. The van der Waals surface area contributed by atoms with Gasteiger partial charge >= 0.3 is 0 Å². The molecule has 2 aromatic rings. The molecule has 4 rings (SSSR count). The number of hydrogen-bond donors (Lipinski definition) is 3. The fourth-order valence-corrected chi connectivity index (χ4v) is 3.84. The second-order valence-corrected chi connectivity index (χ2v) is 6.68. The number of fused-ring (bicyclic) bond motifs is 2. The van der Waals surface area contributed by atoms with Gasteiger partial charge in [0.25, 0.3) is 0 Å². The molecule has 136 valence electrons. The highest BCUT2D eigenvalue weighted by Gasteiger charge is 2.48. The highest BCUT2D eigenvalue weighted by Crippen LogP contribution is 2.45. The number of carbonyl (C=O) groups excluding carboxylic acids is 1. The number of halogens is 1. The van der Waals surface area contributed by atoms with Crippen molar-refractivity contribution in [2.24, 2.45) is 24.8 Å². The van der Waals surface area contributed by atoms with Crippen LogP contribution in [0.15, 0.2) is 30.7 Å². The van der Waals surface area contributed by atoms with Gasteiger partial charge in [0.15, 0.2) is 11.6 Å². The molecule has 1 saturated carbocycles. The molecule has 0 spiro atoms. The SMILES string of the molecule is CNC(=O)[C@H]1[C@@H](Nc2nc(Nc3cnn(C)c3)ncc2F)[C@@H]2C=C[C@H]1C2. The molecule has 2 aromatic heterocycles. The van der Waals surface area contributed by atoms with E-state index in [-0.39, 0.29) is 41.5 Å². The maximum atomic E-state index is 14.3. The number of anilines is 3. The van der Waals surface area contributed by atoms with Crippen LogP contribution in [0.25, 0.3) is 0 Å². The lowest BCUT2D eigenvalue weighted by atomic mass is 9.88. The Bertz CT molecular complexity index is 865. The lowest BCUT2D eigenvalue weighted by molar-refractivity contribution is -0.125. The van der Waals surface area contributed by atoms with Gasteiger partial charge in [-0.05, 0) is 18.3 Å². The van der Waals surface area contributed by atoms with Crippen molar-refractivity contribution < 1.29 is 9.18 Å². The van der Waals surface area contributed by atoms with Gasteiger partial charge in [-0.1, -0.05) is 12.2 Å². The summed E-state index contributed by atoms with van der Waals surface area (Å²) < 4.78 is 15.9. The summed E-state index contributed by atoms with van der Waals surface area (Å²) in [6.45, 7) is 0. The fraction of sp³-hybridized carbons (Fsp3) is 0.412. The lowest BCUT2D eigenvalue weighted by Gasteiger charge is -2.28. The van der Waals surface area contributed by atoms with Crippen molar-refractivity contribution in [3.05, 3.63) is 36.6 Å². The zero-order chi connectivity index (χ0) is 18.3. The van der Waals surface area contributed by atoms with Gasteiger partial charge < -0.3 is 16.0 Å². The molecule has 9 heteroatoms. The standard InChI is InChI=1S/C17H20FN7O/c1-19-16(26)13-9-3-4-10(5-9)14(13)23-15-12(18)7-20-17(24-15)22-11-6-21-25(2)8-11/h3-4,6-10,13-14H,5H2,1-2H3,(H,19,26)(H2,20,22,23,24)/t9-,10+,13+,14-/m0/s1. The molecular weight excluding hydrogens is 337 g/mol. The largest absolute Gasteiger partial charge is 0.363 e. The first kappa shape index (κ1) is 16.5. The van der Waals surface area contributed by atoms with Gasteiger partial charge in [0.2, 0.25) is 11.9 Å². The zero-order valence-corrected chi connectivity index (χ0v) is 14.5. The predicted octanol–water partition coefficient (Wildman–Crippen LogP) is 1.44. The third kappa shape index (κ3) is 2.89. The Morgan fingerprint density at radius 1 is 1.31 bits per heavy atom. The molecule has 1 fully saturated rings. The molecule has 0 radical (unpaired) electrons. The average molecular weight is 357 g/mol. The van der Waals surface area contributed by atoms with E-state index in [4.69, 9.17) is 0 Å². The van der Waals surface area contributed by atoms with Crippen molar-refractivity contribution in [1.29, 1.82) is 0 Å². The molecule has 2 bridgehead atoms. The van der Waals surface area contributed by atoms with Crippen LogP contribution in [0.4, 0.5) is 21.8 Å². The number of nitrogens with zero attached hydrogens (tertiary/aromatic N) is 4. The summed E-state index contributed by atoms with van der Waals surface area (Å²) in [5.74, 6) is -0.115. The second-order valence-electron chi connectivity index (χ2n) is 6.68. The normalized spacial score (nSPS) is 26.1. The Morgan fingerprint density at radius 3 is 2.85 bits per heavy atom. The third-order valence-corrected chi connectivity index (χ3v) is 5.02. The van der Waals surface area contributed by atoms with E-state index in [0.29, 0.717) is 5.69 Å². The summed E-state index contributed by atoms with van der Waals surface area (Å²) in [5, 5.41) is 12.9. The molecule has 0 aromatic carbocycles. The molecule has 0 unspecified atom stereocenters. The maximum Gasteiger partial charge on any atom is 0.229 e. The first-order valence-corrected chi connectivity index (χ1v) is 8.50. The Morgan fingerprint density at radius 2 is 2.12 bits per heavy atom. The Hall–Kier alpha value is -2.97. The predicted molar refractivity (Wildman–Crippen MR) is 94.2 cm³/mol. The van der Waals surface area contributed by atoms with Crippen LogP contribution in [-0.4, -0.2) is 38.7 Å². The number of aromatic nitrogens is 4. The Labute approximate surface area is 149 Å². The van der Waals surface area contributed by atoms with Gasteiger partial charge in [-0.2, -0.15) is 10.1 Å². The number of nitrogens with one attached hydrogen (secondary N) is 3. The smallest absolute Gasteiger partial charge is 0.229 e. The Kier molecular flexibility index (Phi) is 4.06. The van der Waals surface area contributed by atoms with Crippen LogP contribution in [0.5, 0.6) is 0 Å². The van der Waals surface area contributed by atoms with E-state index in [1.165, 1.54) is 0 Å². The van der Waals surface area contributed by atoms with E-state index in [2.05, 4.69) is 43.2 Å². The van der Waals surface area contributed by atoms with Gasteiger partial charge in [0.05, 0.1) is 24.0 Å². The first-order valence-electron chi connectivity index (χ1n) is 8.50. The number of rotatable bonds is 5. The molecule has 0 saturated heterocycles. The van der Waals surface area contributed by atoms with Crippen LogP contribution in [0.1, 0.15) is 6.42 Å². The van der Waals surface area contributed by atoms with Gasteiger partial charge in [-0.25, -0.2) is 9.37 Å². The van der Waals surface area contributed by atoms with Gasteiger partial charge in [0, 0.05) is 26.3 Å². The first-order chi connectivity index (χ1) is 12.5. The van der Waals surface area contributed by atoms with Crippen LogP contribution < -0.4 is 16.0 Å². The molecule has 2 aliphatic carbocycles. The summed E-state index contributed by atoms with van der Waals surface area (Å²) >= 11 is 0. The monoisotopic (exact) mass is 357 g/mol. The summed E-state index contributed by atoms with van der Waals surface area (Å²) in [4.78, 5) is 20.5. The van der Waals surface area contributed by atoms with E-state index in [0.717, 1.165) is 12.6 Å². The molecule has 1 amide bonds. The second kappa shape index (κ2) is 6.40. The van der Waals surface area contributed by atoms with E-state index >= 15 is 0 Å².